The molecule has 14 heavy (non-hydrogen) atoms. The normalized spacial score (nSPS) is 15.0. The van der Waals surface area contributed by atoms with E-state index in [9.17, 15) is 0 Å². The van der Waals surface area contributed by atoms with Crippen LogP contribution >= 0.6 is 0 Å². The van der Waals surface area contributed by atoms with Gasteiger partial charge in [-0.3, -0.25) is 0 Å². The summed E-state index contributed by atoms with van der Waals surface area (Å²) < 4.78 is 10.3. The van der Waals surface area contributed by atoms with Gasteiger partial charge in [-0.1, -0.05) is 12.1 Å². The van der Waals surface area contributed by atoms with Crippen LogP contribution in [-0.2, 0) is 0 Å². The smallest absolute Gasteiger partial charge is 0.509 e. The van der Waals surface area contributed by atoms with Gasteiger partial charge in [0.2, 0.25) is 0 Å². The van der Waals surface area contributed by atoms with Crippen molar-refractivity contribution in [2.24, 2.45) is 0 Å². The quantitative estimate of drug-likeness (QED) is 0.688. The second-order valence-corrected chi connectivity index (χ2v) is 3.21. The Balaban J connectivity index is 2.10. The molecule has 74 valence electrons. The van der Waals surface area contributed by atoms with E-state index in [1.54, 1.807) is 18.2 Å². The summed E-state index contributed by atoms with van der Waals surface area (Å²) in [4.78, 5) is 0. The second-order valence-electron chi connectivity index (χ2n) is 3.21. The van der Waals surface area contributed by atoms with Crippen LogP contribution in [0, 0.1) is 0 Å². The lowest BCUT2D eigenvalue weighted by Crippen LogP contribution is -2.21. The van der Waals surface area contributed by atoms with Gasteiger partial charge in [0.1, 0.15) is 5.75 Å². The molecule has 2 rings (SSSR count). The highest BCUT2D eigenvalue weighted by Gasteiger charge is 2.25. The number of hydrogen-bond acceptors (Lipinski definition) is 4. The number of ether oxygens (including phenoxy) is 1. The summed E-state index contributed by atoms with van der Waals surface area (Å²) >= 11 is 0. The van der Waals surface area contributed by atoms with E-state index in [-0.39, 0.29) is 6.10 Å². The molecule has 1 fully saturated rings. The minimum Gasteiger partial charge on any atom is -0.509 e. The zero-order chi connectivity index (χ0) is 9.97. The van der Waals surface area contributed by atoms with E-state index in [0.29, 0.717) is 11.5 Å². The zero-order valence-electron chi connectivity index (χ0n) is 7.59. The molecule has 0 spiro atoms. The van der Waals surface area contributed by atoms with Crippen LogP contribution in [0.25, 0.3) is 0 Å². The minimum atomic E-state index is -1.81. The van der Waals surface area contributed by atoms with Gasteiger partial charge in [0, 0.05) is 0 Å². The average Bonchev–Trinajstić information content (AvgIpc) is 2.91. The fraction of sp³-hybridized carbons (Fsp3) is 0.333. The van der Waals surface area contributed by atoms with Gasteiger partial charge < -0.3 is 19.4 Å². The topological polar surface area (TPSA) is 58.9 Å². The molecular weight excluding hydrogens is 183 g/mol. The summed E-state index contributed by atoms with van der Waals surface area (Å²) in [5.41, 5.74) is 0. The molecule has 1 aromatic carbocycles. The van der Waals surface area contributed by atoms with Gasteiger partial charge in [-0.25, -0.2) is 0 Å². The number of hydrogen-bond donors (Lipinski definition) is 2. The fourth-order valence-corrected chi connectivity index (χ4v) is 1.12. The van der Waals surface area contributed by atoms with Gasteiger partial charge in [-0.15, -0.1) is 0 Å². The van der Waals surface area contributed by atoms with E-state index >= 15 is 0 Å². The SMILES string of the molecule is OB(O)Oc1ccccc1OC1CC1. The van der Waals surface area contributed by atoms with Crippen molar-refractivity contribution in [3.63, 3.8) is 0 Å². The number of para-hydroxylation sites is 2. The first kappa shape index (κ1) is 9.36. The van der Waals surface area contributed by atoms with Crippen LogP contribution in [0.3, 0.4) is 0 Å². The van der Waals surface area contributed by atoms with Crippen LogP contribution in [-0.4, -0.2) is 23.5 Å². The van der Waals surface area contributed by atoms with E-state index in [0.717, 1.165) is 12.8 Å². The van der Waals surface area contributed by atoms with E-state index in [1.165, 1.54) is 0 Å². The van der Waals surface area contributed by atoms with Crippen LogP contribution in [0.4, 0.5) is 0 Å². The molecule has 1 aliphatic rings. The fourth-order valence-electron chi connectivity index (χ4n) is 1.12. The number of benzene rings is 1. The maximum absolute atomic E-state index is 8.66. The molecule has 0 aromatic heterocycles. The molecule has 4 nitrogen and oxygen atoms in total. The Morgan fingerprint density at radius 3 is 2.36 bits per heavy atom. The van der Waals surface area contributed by atoms with Gasteiger partial charge in [0.15, 0.2) is 5.75 Å². The highest BCUT2D eigenvalue weighted by Crippen LogP contribution is 2.33. The first-order valence-electron chi connectivity index (χ1n) is 4.54. The number of rotatable bonds is 4. The van der Waals surface area contributed by atoms with E-state index in [4.69, 9.17) is 19.4 Å². The van der Waals surface area contributed by atoms with Gasteiger partial charge >= 0.3 is 7.32 Å². The molecule has 0 bridgehead atoms. The van der Waals surface area contributed by atoms with Crippen molar-refractivity contribution in [1.82, 2.24) is 0 Å². The van der Waals surface area contributed by atoms with Crippen molar-refractivity contribution in [2.45, 2.75) is 18.9 Å². The summed E-state index contributed by atoms with van der Waals surface area (Å²) in [6.45, 7) is 0. The minimum absolute atomic E-state index is 0.260. The van der Waals surface area contributed by atoms with Gasteiger partial charge in [-0.05, 0) is 25.0 Å². The van der Waals surface area contributed by atoms with Gasteiger partial charge in [-0.2, -0.15) is 0 Å². The third kappa shape index (κ3) is 2.40. The monoisotopic (exact) mass is 194 g/mol. The van der Waals surface area contributed by atoms with Crippen molar-refractivity contribution < 1.29 is 19.4 Å². The molecule has 1 aliphatic carbocycles. The molecule has 0 unspecified atom stereocenters. The van der Waals surface area contributed by atoms with Crippen molar-refractivity contribution in [3.8, 4) is 11.5 Å². The zero-order valence-corrected chi connectivity index (χ0v) is 7.59. The molecule has 0 amide bonds. The van der Waals surface area contributed by atoms with Gasteiger partial charge in [0.25, 0.3) is 0 Å². The summed E-state index contributed by atoms with van der Waals surface area (Å²) in [7, 11) is -1.81. The Bertz CT molecular complexity index is 288. The maximum Gasteiger partial charge on any atom is 0.707 e. The highest BCUT2D eigenvalue weighted by molar-refractivity contribution is 6.33. The molecule has 2 N–H and O–H groups in total. The average molecular weight is 194 g/mol. The summed E-state index contributed by atoms with van der Waals surface area (Å²) in [5.74, 6) is 0.914. The van der Waals surface area contributed by atoms with Crippen LogP contribution in [0.5, 0.6) is 11.5 Å². The Morgan fingerprint density at radius 2 is 1.79 bits per heavy atom. The molecule has 1 aromatic rings. The summed E-state index contributed by atoms with van der Waals surface area (Å²) in [5, 5.41) is 17.3. The summed E-state index contributed by atoms with van der Waals surface area (Å²) in [6.07, 6.45) is 2.36. The third-order valence-corrected chi connectivity index (χ3v) is 1.90. The molecule has 0 atom stereocenters. The Morgan fingerprint density at radius 1 is 1.14 bits per heavy atom. The molecule has 0 radical (unpaired) electrons. The van der Waals surface area contributed by atoms with Crippen LogP contribution in [0.15, 0.2) is 24.3 Å². The molecule has 1 saturated carbocycles. The lowest BCUT2D eigenvalue weighted by atomic mass is 10.2. The third-order valence-electron chi connectivity index (χ3n) is 1.90. The van der Waals surface area contributed by atoms with E-state index in [1.807, 2.05) is 6.07 Å². The maximum atomic E-state index is 8.66. The Labute approximate surface area is 82.3 Å². The first-order valence-corrected chi connectivity index (χ1v) is 4.54. The molecule has 5 heteroatoms. The standard InChI is InChI=1S/C9H11BO4/c11-10(12)14-9-4-2-1-3-8(9)13-7-5-6-7/h1-4,7,11-12H,5-6H2. The first-order chi connectivity index (χ1) is 6.75. The summed E-state index contributed by atoms with van der Waals surface area (Å²) in [6, 6.07) is 6.94. The lowest BCUT2D eigenvalue weighted by Gasteiger charge is -2.11. The van der Waals surface area contributed by atoms with E-state index < -0.39 is 7.32 Å². The van der Waals surface area contributed by atoms with Crippen molar-refractivity contribution in [2.75, 3.05) is 0 Å². The van der Waals surface area contributed by atoms with Gasteiger partial charge in [0.05, 0.1) is 6.10 Å². The van der Waals surface area contributed by atoms with Crippen LogP contribution in [0.1, 0.15) is 12.8 Å². The Kier molecular flexibility index (Phi) is 2.61. The molecule has 0 aliphatic heterocycles. The van der Waals surface area contributed by atoms with Crippen molar-refractivity contribution >= 4 is 7.32 Å². The molecular formula is C9H11BO4. The second kappa shape index (κ2) is 3.90. The highest BCUT2D eigenvalue weighted by atomic mass is 16.6. The predicted octanol–water partition coefficient (Wildman–Crippen LogP) is 0.576. The molecule has 0 saturated heterocycles. The van der Waals surface area contributed by atoms with Crippen molar-refractivity contribution in [1.29, 1.82) is 0 Å². The van der Waals surface area contributed by atoms with Crippen molar-refractivity contribution in [3.05, 3.63) is 24.3 Å². The largest absolute Gasteiger partial charge is 0.707 e. The van der Waals surface area contributed by atoms with Crippen LogP contribution in [0.2, 0.25) is 0 Å². The predicted molar refractivity (Wildman–Crippen MR) is 50.9 cm³/mol. The van der Waals surface area contributed by atoms with Crippen LogP contribution < -0.4 is 9.39 Å². The molecule has 0 heterocycles. The lowest BCUT2D eigenvalue weighted by molar-refractivity contribution is 0.261. The Hall–Kier alpha value is -1.20. The van der Waals surface area contributed by atoms with E-state index in [2.05, 4.69) is 0 Å².